The van der Waals surface area contributed by atoms with Gasteiger partial charge in [-0.2, -0.15) is 0 Å². The first-order chi connectivity index (χ1) is 8.10. The molecule has 0 aromatic carbocycles. The minimum Gasteiger partial charge on any atom is -0.469 e. The van der Waals surface area contributed by atoms with Gasteiger partial charge in [-0.25, -0.2) is 0 Å². The summed E-state index contributed by atoms with van der Waals surface area (Å²) >= 11 is 0. The van der Waals surface area contributed by atoms with Gasteiger partial charge in [-0.15, -0.1) is 0 Å². The Bertz CT molecular complexity index is 398. The lowest BCUT2D eigenvalue weighted by atomic mass is 10.3. The van der Waals surface area contributed by atoms with Gasteiger partial charge in [0.25, 0.3) is 5.91 Å². The zero-order valence-electron chi connectivity index (χ0n) is 10.5. The summed E-state index contributed by atoms with van der Waals surface area (Å²) in [6.07, 6.45) is 2.04. The SMILES string of the molecule is CCN(CCC(=O)OC)C(=O)c1cccn1C. The molecule has 0 saturated carbocycles. The van der Waals surface area contributed by atoms with E-state index in [1.807, 2.05) is 26.2 Å². The predicted molar refractivity (Wildman–Crippen MR) is 63.6 cm³/mol. The molecule has 0 fully saturated rings. The molecule has 0 atom stereocenters. The molecule has 0 N–H and O–H groups in total. The number of carbonyl (C=O) groups excluding carboxylic acids is 2. The molecule has 0 unspecified atom stereocenters. The van der Waals surface area contributed by atoms with Crippen LogP contribution in [0.1, 0.15) is 23.8 Å². The first-order valence-electron chi connectivity index (χ1n) is 5.57. The van der Waals surface area contributed by atoms with Gasteiger partial charge in [-0.05, 0) is 19.1 Å². The van der Waals surface area contributed by atoms with Gasteiger partial charge in [0.1, 0.15) is 5.69 Å². The van der Waals surface area contributed by atoms with Crippen LogP contribution in [0, 0.1) is 0 Å². The summed E-state index contributed by atoms with van der Waals surface area (Å²) in [5.41, 5.74) is 0.622. The van der Waals surface area contributed by atoms with E-state index < -0.39 is 0 Å². The summed E-state index contributed by atoms with van der Waals surface area (Å²) in [7, 11) is 3.17. The van der Waals surface area contributed by atoms with E-state index in [1.54, 1.807) is 15.5 Å². The monoisotopic (exact) mass is 238 g/mol. The largest absolute Gasteiger partial charge is 0.469 e. The molecule has 0 aliphatic rings. The molecule has 0 radical (unpaired) electrons. The van der Waals surface area contributed by atoms with Crippen LogP contribution in [0.2, 0.25) is 0 Å². The molecule has 0 bridgehead atoms. The Hall–Kier alpha value is -1.78. The Balaban J connectivity index is 2.65. The smallest absolute Gasteiger partial charge is 0.307 e. The summed E-state index contributed by atoms with van der Waals surface area (Å²) < 4.78 is 6.32. The Kier molecular flexibility index (Phi) is 4.75. The number of nitrogens with zero attached hydrogens (tertiary/aromatic N) is 2. The number of hydrogen-bond donors (Lipinski definition) is 0. The second-order valence-corrected chi connectivity index (χ2v) is 3.72. The summed E-state index contributed by atoms with van der Waals surface area (Å²) in [4.78, 5) is 24.8. The molecule has 5 heteroatoms. The average molecular weight is 238 g/mol. The van der Waals surface area contributed by atoms with E-state index in [0.29, 0.717) is 18.8 Å². The molecule has 0 aliphatic carbocycles. The van der Waals surface area contributed by atoms with Crippen LogP contribution >= 0.6 is 0 Å². The molecule has 1 amide bonds. The molecule has 17 heavy (non-hydrogen) atoms. The van der Waals surface area contributed by atoms with Crippen LogP contribution < -0.4 is 0 Å². The molecular weight excluding hydrogens is 220 g/mol. The fourth-order valence-electron chi connectivity index (χ4n) is 1.58. The van der Waals surface area contributed by atoms with Gasteiger partial charge in [-0.3, -0.25) is 9.59 Å². The zero-order chi connectivity index (χ0) is 12.8. The molecule has 0 spiro atoms. The number of esters is 1. The van der Waals surface area contributed by atoms with Crippen LogP contribution in [0.5, 0.6) is 0 Å². The number of rotatable bonds is 5. The van der Waals surface area contributed by atoms with Crippen LogP contribution in [0.25, 0.3) is 0 Å². The van der Waals surface area contributed by atoms with E-state index in [-0.39, 0.29) is 18.3 Å². The van der Waals surface area contributed by atoms with Gasteiger partial charge in [0.2, 0.25) is 0 Å². The average Bonchev–Trinajstić information content (AvgIpc) is 2.75. The van der Waals surface area contributed by atoms with E-state index in [2.05, 4.69) is 4.74 Å². The third-order valence-electron chi connectivity index (χ3n) is 2.65. The highest BCUT2D eigenvalue weighted by Gasteiger charge is 2.17. The molecule has 1 heterocycles. The second-order valence-electron chi connectivity index (χ2n) is 3.72. The maximum absolute atomic E-state index is 12.1. The minimum atomic E-state index is -0.303. The number of amides is 1. The van der Waals surface area contributed by atoms with Crippen LogP contribution in [-0.4, -0.2) is 41.5 Å². The van der Waals surface area contributed by atoms with Crippen molar-refractivity contribution in [3.05, 3.63) is 24.0 Å². The highest BCUT2D eigenvalue weighted by Crippen LogP contribution is 2.06. The van der Waals surface area contributed by atoms with Crippen LogP contribution in [0.15, 0.2) is 18.3 Å². The highest BCUT2D eigenvalue weighted by molar-refractivity contribution is 5.93. The molecule has 1 rings (SSSR count). The first kappa shape index (κ1) is 13.3. The number of methoxy groups -OCH3 is 1. The van der Waals surface area contributed by atoms with Crippen molar-refractivity contribution in [2.24, 2.45) is 7.05 Å². The number of aromatic nitrogens is 1. The van der Waals surface area contributed by atoms with Crippen molar-refractivity contribution in [3.63, 3.8) is 0 Å². The molecule has 0 aliphatic heterocycles. The summed E-state index contributed by atoms with van der Waals surface area (Å²) in [6.45, 7) is 2.84. The van der Waals surface area contributed by atoms with E-state index in [0.717, 1.165) is 0 Å². The number of aryl methyl sites for hydroxylation is 1. The quantitative estimate of drug-likeness (QED) is 0.720. The van der Waals surface area contributed by atoms with Gasteiger partial charge in [0.05, 0.1) is 13.5 Å². The molecule has 1 aromatic rings. The number of hydrogen-bond acceptors (Lipinski definition) is 3. The lowest BCUT2D eigenvalue weighted by molar-refractivity contribution is -0.140. The maximum Gasteiger partial charge on any atom is 0.307 e. The van der Waals surface area contributed by atoms with Gasteiger partial charge in [-0.1, -0.05) is 0 Å². The van der Waals surface area contributed by atoms with Crippen molar-refractivity contribution in [1.82, 2.24) is 9.47 Å². The third-order valence-corrected chi connectivity index (χ3v) is 2.65. The third kappa shape index (κ3) is 3.34. The first-order valence-corrected chi connectivity index (χ1v) is 5.57. The Morgan fingerprint density at radius 2 is 2.18 bits per heavy atom. The molecule has 1 aromatic heterocycles. The summed E-state index contributed by atoms with van der Waals surface area (Å²) in [6, 6.07) is 3.59. The van der Waals surface area contributed by atoms with E-state index >= 15 is 0 Å². The highest BCUT2D eigenvalue weighted by atomic mass is 16.5. The van der Waals surface area contributed by atoms with E-state index in [4.69, 9.17) is 0 Å². The maximum atomic E-state index is 12.1. The summed E-state index contributed by atoms with van der Waals surface area (Å²) in [5, 5.41) is 0. The van der Waals surface area contributed by atoms with Crippen LogP contribution in [0.3, 0.4) is 0 Å². The minimum absolute atomic E-state index is 0.0658. The standard InChI is InChI=1S/C12H18N2O3/c1-4-14(9-7-11(15)17-3)12(16)10-6-5-8-13(10)2/h5-6,8H,4,7,9H2,1-3H3. The second kappa shape index (κ2) is 6.08. The normalized spacial score (nSPS) is 10.1. The predicted octanol–water partition coefficient (Wildman–Crippen LogP) is 1.05. The van der Waals surface area contributed by atoms with Crippen molar-refractivity contribution in [2.45, 2.75) is 13.3 Å². The topological polar surface area (TPSA) is 51.5 Å². The Morgan fingerprint density at radius 3 is 2.65 bits per heavy atom. The van der Waals surface area contributed by atoms with Crippen LogP contribution in [0.4, 0.5) is 0 Å². The van der Waals surface area contributed by atoms with Crippen molar-refractivity contribution < 1.29 is 14.3 Å². The van der Waals surface area contributed by atoms with E-state index in [1.165, 1.54) is 7.11 Å². The summed E-state index contributed by atoms with van der Waals surface area (Å²) in [5.74, 6) is -0.368. The van der Waals surface area contributed by atoms with Crippen molar-refractivity contribution in [1.29, 1.82) is 0 Å². The number of carbonyl (C=O) groups is 2. The lowest BCUT2D eigenvalue weighted by Crippen LogP contribution is -2.34. The van der Waals surface area contributed by atoms with Crippen LogP contribution in [-0.2, 0) is 16.6 Å². The fraction of sp³-hybridized carbons (Fsp3) is 0.500. The van der Waals surface area contributed by atoms with Gasteiger partial charge in [0, 0.05) is 26.3 Å². The molecule has 0 saturated heterocycles. The number of ether oxygens (including phenoxy) is 1. The van der Waals surface area contributed by atoms with Gasteiger partial charge < -0.3 is 14.2 Å². The lowest BCUT2D eigenvalue weighted by Gasteiger charge is -2.20. The molecular formula is C12H18N2O3. The Morgan fingerprint density at radius 1 is 1.47 bits per heavy atom. The van der Waals surface area contributed by atoms with E-state index in [9.17, 15) is 9.59 Å². The van der Waals surface area contributed by atoms with Gasteiger partial charge >= 0.3 is 5.97 Å². The Labute approximate surface area is 101 Å². The molecule has 5 nitrogen and oxygen atoms in total. The zero-order valence-corrected chi connectivity index (χ0v) is 10.5. The van der Waals surface area contributed by atoms with Crippen molar-refractivity contribution >= 4 is 11.9 Å². The molecule has 94 valence electrons. The van der Waals surface area contributed by atoms with Crippen molar-refractivity contribution in [2.75, 3.05) is 20.2 Å². The fourth-order valence-corrected chi connectivity index (χ4v) is 1.58. The van der Waals surface area contributed by atoms with Gasteiger partial charge in [0.15, 0.2) is 0 Å². The van der Waals surface area contributed by atoms with Crippen molar-refractivity contribution in [3.8, 4) is 0 Å².